The van der Waals surface area contributed by atoms with E-state index in [-0.39, 0.29) is 5.41 Å². The average molecular weight is 384 g/mol. The molecular weight excluding hydrogens is 360 g/mol. The van der Waals surface area contributed by atoms with E-state index >= 15 is 0 Å². The first-order valence-corrected chi connectivity index (χ1v) is 9.60. The molecule has 0 fully saturated rings. The van der Waals surface area contributed by atoms with Crippen LogP contribution in [0.4, 0.5) is 22.9 Å². The second kappa shape index (κ2) is 7.43. The van der Waals surface area contributed by atoms with Crippen LogP contribution in [-0.4, -0.2) is 16.4 Å². The number of anilines is 4. The topological polar surface area (TPSA) is 61.0 Å². The van der Waals surface area contributed by atoms with Gasteiger partial charge in [-0.05, 0) is 58.8 Å². The van der Waals surface area contributed by atoms with Crippen LogP contribution in [0.3, 0.4) is 0 Å². The number of hydrogen-bond donors (Lipinski definition) is 2. The number of aromatic amines is 1. The van der Waals surface area contributed by atoms with E-state index in [2.05, 4.69) is 48.2 Å². The van der Waals surface area contributed by atoms with Crippen molar-refractivity contribution in [3.05, 3.63) is 78.6 Å². The Hall–Kier alpha value is -3.60. The molecule has 2 N–H and O–H groups in total. The maximum absolute atomic E-state index is 12.0. The largest absolute Gasteiger partial charge is 0.361 e. The predicted octanol–water partition coefficient (Wildman–Crippen LogP) is 5.90. The smallest absolute Gasteiger partial charge is 0.218 e. The molecule has 0 aliphatic rings. The van der Waals surface area contributed by atoms with Gasteiger partial charge in [0.15, 0.2) is 5.82 Å². The van der Waals surface area contributed by atoms with Crippen molar-refractivity contribution in [1.29, 1.82) is 0 Å². The molecule has 2 aromatic heterocycles. The van der Waals surface area contributed by atoms with Gasteiger partial charge in [-0.15, -0.1) is 0 Å². The van der Waals surface area contributed by atoms with Gasteiger partial charge in [-0.25, -0.2) is 4.98 Å². The number of rotatable bonds is 5. The highest BCUT2D eigenvalue weighted by Crippen LogP contribution is 2.33. The number of aromatic nitrogens is 2. The summed E-state index contributed by atoms with van der Waals surface area (Å²) in [6.07, 6.45) is 4.45. The molecule has 0 aliphatic heterocycles. The van der Waals surface area contributed by atoms with E-state index in [0.29, 0.717) is 11.5 Å². The molecule has 2 heterocycles. The fraction of sp³-hybridized carbons (Fsp3) is 0.167. The van der Waals surface area contributed by atoms with Crippen LogP contribution in [0.1, 0.15) is 26.3 Å². The summed E-state index contributed by atoms with van der Waals surface area (Å²) in [4.78, 5) is 21.3. The molecule has 4 rings (SSSR count). The van der Waals surface area contributed by atoms with Crippen LogP contribution >= 0.6 is 0 Å². The average Bonchev–Trinajstić information content (AvgIpc) is 3.17. The van der Waals surface area contributed by atoms with E-state index in [9.17, 15) is 4.79 Å². The zero-order valence-corrected chi connectivity index (χ0v) is 16.8. The number of amides is 1. The van der Waals surface area contributed by atoms with Gasteiger partial charge in [0.1, 0.15) is 0 Å². The lowest BCUT2D eigenvalue weighted by Crippen LogP contribution is -2.17. The Bertz CT molecular complexity index is 1140. The third kappa shape index (κ3) is 3.85. The minimum Gasteiger partial charge on any atom is -0.361 e. The first-order chi connectivity index (χ1) is 14.0. The van der Waals surface area contributed by atoms with Gasteiger partial charge >= 0.3 is 0 Å². The normalized spacial score (nSPS) is 11.4. The molecular formula is C24H24N4O. The summed E-state index contributed by atoms with van der Waals surface area (Å²) in [7, 11) is 0. The number of pyridine rings is 1. The fourth-order valence-corrected chi connectivity index (χ4v) is 3.33. The minimum absolute atomic E-state index is 0.0576. The van der Waals surface area contributed by atoms with Crippen LogP contribution in [0.15, 0.2) is 73.1 Å². The molecule has 2 aromatic carbocycles. The van der Waals surface area contributed by atoms with E-state index in [1.54, 1.807) is 11.1 Å². The number of benzene rings is 2. The van der Waals surface area contributed by atoms with E-state index in [1.165, 1.54) is 5.56 Å². The predicted molar refractivity (Wildman–Crippen MR) is 119 cm³/mol. The van der Waals surface area contributed by atoms with Crippen molar-refractivity contribution in [1.82, 2.24) is 9.97 Å². The summed E-state index contributed by atoms with van der Waals surface area (Å²) in [6, 6.07) is 19.9. The van der Waals surface area contributed by atoms with Crippen LogP contribution in [0.2, 0.25) is 0 Å². The summed E-state index contributed by atoms with van der Waals surface area (Å²) in [5, 5.41) is 4.49. The standard InChI is InChI=1S/C24H24N4O/c1-24(2,3)18-7-10-20(11-8-18)28(16-29)22-5-4-13-26-23(22)27-19-9-6-17-12-14-25-21(17)15-19/h4-16,25H,1-3H3,(H,26,27). The van der Waals surface area contributed by atoms with Crippen LogP contribution in [-0.2, 0) is 10.2 Å². The summed E-state index contributed by atoms with van der Waals surface area (Å²) < 4.78 is 0. The lowest BCUT2D eigenvalue weighted by atomic mass is 9.87. The molecule has 0 spiro atoms. The number of fused-ring (bicyclic) bond motifs is 1. The molecule has 0 radical (unpaired) electrons. The maximum Gasteiger partial charge on any atom is 0.218 e. The molecule has 0 unspecified atom stereocenters. The SMILES string of the molecule is CC(C)(C)c1ccc(N(C=O)c2cccnc2Nc2ccc3cc[nH]c3c2)cc1. The molecule has 29 heavy (non-hydrogen) atoms. The number of nitrogens with one attached hydrogen (secondary N) is 2. The Morgan fingerprint density at radius 2 is 1.83 bits per heavy atom. The van der Waals surface area contributed by atoms with Crippen molar-refractivity contribution in [2.75, 3.05) is 10.2 Å². The maximum atomic E-state index is 12.0. The highest BCUT2D eigenvalue weighted by Gasteiger charge is 2.17. The molecule has 146 valence electrons. The lowest BCUT2D eigenvalue weighted by molar-refractivity contribution is -0.106. The van der Waals surface area contributed by atoms with Gasteiger partial charge in [-0.2, -0.15) is 0 Å². The number of nitrogens with zero attached hydrogens (tertiary/aromatic N) is 2. The van der Waals surface area contributed by atoms with Gasteiger partial charge in [0.2, 0.25) is 6.41 Å². The molecule has 5 nitrogen and oxygen atoms in total. The van der Waals surface area contributed by atoms with Crippen LogP contribution in [0.25, 0.3) is 10.9 Å². The Morgan fingerprint density at radius 3 is 2.55 bits per heavy atom. The molecule has 0 saturated carbocycles. The first-order valence-electron chi connectivity index (χ1n) is 9.60. The molecule has 4 aromatic rings. The van der Waals surface area contributed by atoms with Gasteiger partial charge in [-0.3, -0.25) is 9.69 Å². The first kappa shape index (κ1) is 18.7. The number of H-pyrrole nitrogens is 1. The number of carbonyl (C=O) groups is 1. The monoisotopic (exact) mass is 384 g/mol. The number of carbonyl (C=O) groups excluding carboxylic acids is 1. The van der Waals surface area contributed by atoms with Crippen molar-refractivity contribution in [3.63, 3.8) is 0 Å². The molecule has 0 saturated heterocycles. The Kier molecular flexibility index (Phi) is 4.80. The molecule has 0 bridgehead atoms. The molecule has 5 heteroatoms. The van der Waals surface area contributed by atoms with Crippen molar-refractivity contribution in [2.45, 2.75) is 26.2 Å². The van der Waals surface area contributed by atoms with E-state index in [4.69, 9.17) is 0 Å². The van der Waals surface area contributed by atoms with Crippen molar-refractivity contribution < 1.29 is 4.79 Å². The molecule has 0 atom stereocenters. The fourth-order valence-electron chi connectivity index (χ4n) is 3.33. The van der Waals surface area contributed by atoms with E-state index in [0.717, 1.165) is 28.7 Å². The quantitative estimate of drug-likeness (QED) is 0.421. The van der Waals surface area contributed by atoms with Crippen molar-refractivity contribution in [3.8, 4) is 0 Å². The van der Waals surface area contributed by atoms with Gasteiger partial charge in [-0.1, -0.05) is 39.0 Å². The van der Waals surface area contributed by atoms with Crippen LogP contribution < -0.4 is 10.2 Å². The lowest BCUT2D eigenvalue weighted by Gasteiger charge is -2.23. The van der Waals surface area contributed by atoms with Crippen LogP contribution in [0, 0.1) is 0 Å². The summed E-state index contributed by atoms with van der Waals surface area (Å²) in [6.45, 7) is 6.51. The summed E-state index contributed by atoms with van der Waals surface area (Å²) in [5.41, 5.74) is 4.70. The Morgan fingerprint density at radius 1 is 1.03 bits per heavy atom. The second-order valence-electron chi connectivity index (χ2n) is 8.05. The third-order valence-electron chi connectivity index (χ3n) is 4.98. The minimum atomic E-state index is 0.0576. The van der Waals surface area contributed by atoms with Gasteiger partial charge in [0.05, 0.1) is 5.69 Å². The van der Waals surface area contributed by atoms with Gasteiger partial charge in [0.25, 0.3) is 0 Å². The third-order valence-corrected chi connectivity index (χ3v) is 4.98. The van der Waals surface area contributed by atoms with Crippen molar-refractivity contribution >= 4 is 40.2 Å². The summed E-state index contributed by atoms with van der Waals surface area (Å²) >= 11 is 0. The zero-order chi connectivity index (χ0) is 20.4. The van der Waals surface area contributed by atoms with Gasteiger partial charge < -0.3 is 10.3 Å². The molecule has 1 amide bonds. The molecule has 0 aliphatic carbocycles. The van der Waals surface area contributed by atoms with E-state index in [1.807, 2.05) is 54.7 Å². The Labute approximate surface area is 170 Å². The summed E-state index contributed by atoms with van der Waals surface area (Å²) in [5.74, 6) is 0.616. The second-order valence-corrected chi connectivity index (χ2v) is 8.05. The van der Waals surface area contributed by atoms with Gasteiger partial charge in [0, 0.05) is 29.3 Å². The highest BCUT2D eigenvalue weighted by atomic mass is 16.1. The number of hydrogen-bond acceptors (Lipinski definition) is 3. The van der Waals surface area contributed by atoms with Crippen LogP contribution in [0.5, 0.6) is 0 Å². The zero-order valence-electron chi connectivity index (χ0n) is 16.8. The van der Waals surface area contributed by atoms with E-state index < -0.39 is 0 Å². The highest BCUT2D eigenvalue weighted by molar-refractivity contribution is 5.92. The Balaban J connectivity index is 1.67. The van der Waals surface area contributed by atoms with Crippen molar-refractivity contribution in [2.24, 2.45) is 0 Å².